The fourth-order valence-corrected chi connectivity index (χ4v) is 4.23. The number of hydrogen-bond donors (Lipinski definition) is 0. The molecule has 0 aliphatic carbocycles. The van der Waals surface area contributed by atoms with Crippen LogP contribution in [0.2, 0.25) is 18.1 Å². The first-order valence-corrected chi connectivity index (χ1v) is 13.8. The van der Waals surface area contributed by atoms with E-state index in [9.17, 15) is 0 Å². The van der Waals surface area contributed by atoms with Crippen molar-refractivity contribution in [2.75, 3.05) is 20.3 Å². The van der Waals surface area contributed by atoms with Gasteiger partial charge in [-0.3, -0.25) is 0 Å². The van der Waals surface area contributed by atoms with Gasteiger partial charge in [0.05, 0.1) is 19.9 Å². The SMILES string of the molecule is COc1ccc2cc(-c3cnc4ccc(OCCCO[Si](C)(C)C(C)(C)C)nn34)oc2c1. The van der Waals surface area contributed by atoms with Gasteiger partial charge in [0.1, 0.15) is 17.0 Å². The summed E-state index contributed by atoms with van der Waals surface area (Å²) in [5, 5.41) is 5.82. The van der Waals surface area contributed by atoms with E-state index in [1.807, 2.05) is 36.4 Å². The molecular weight excluding hydrogens is 422 g/mol. The smallest absolute Gasteiger partial charge is 0.231 e. The van der Waals surface area contributed by atoms with E-state index >= 15 is 0 Å². The minimum absolute atomic E-state index is 0.208. The first kappa shape index (κ1) is 22.4. The van der Waals surface area contributed by atoms with Crippen LogP contribution in [0, 0.1) is 0 Å². The molecule has 8 heteroatoms. The summed E-state index contributed by atoms with van der Waals surface area (Å²) in [6, 6.07) is 11.5. The van der Waals surface area contributed by atoms with Crippen LogP contribution in [0.15, 0.2) is 47.0 Å². The second-order valence-corrected chi connectivity index (χ2v) is 14.2. The van der Waals surface area contributed by atoms with Crippen molar-refractivity contribution in [3.63, 3.8) is 0 Å². The number of nitrogens with zero attached hydrogens (tertiary/aromatic N) is 3. The number of methoxy groups -OCH3 is 1. The highest BCUT2D eigenvalue weighted by atomic mass is 28.4. The third kappa shape index (κ3) is 4.51. The average molecular weight is 454 g/mol. The molecule has 0 atom stereocenters. The Labute approximate surface area is 189 Å². The van der Waals surface area contributed by atoms with Crippen molar-refractivity contribution in [2.24, 2.45) is 0 Å². The van der Waals surface area contributed by atoms with Gasteiger partial charge in [0, 0.05) is 30.5 Å². The topological polar surface area (TPSA) is 71.0 Å². The summed E-state index contributed by atoms with van der Waals surface area (Å²) >= 11 is 0. The second kappa shape index (κ2) is 8.59. The molecule has 4 aromatic rings. The summed E-state index contributed by atoms with van der Waals surface area (Å²) in [6.45, 7) is 12.5. The summed E-state index contributed by atoms with van der Waals surface area (Å²) < 4.78 is 25.2. The summed E-state index contributed by atoms with van der Waals surface area (Å²) in [7, 11) is -0.0893. The fourth-order valence-electron chi connectivity index (χ4n) is 3.15. The molecule has 3 heterocycles. The molecule has 32 heavy (non-hydrogen) atoms. The van der Waals surface area contributed by atoms with Gasteiger partial charge in [-0.1, -0.05) is 20.8 Å². The number of fused-ring (bicyclic) bond motifs is 2. The molecule has 7 nitrogen and oxygen atoms in total. The highest BCUT2D eigenvalue weighted by Crippen LogP contribution is 2.36. The van der Waals surface area contributed by atoms with Gasteiger partial charge < -0.3 is 18.3 Å². The minimum atomic E-state index is -1.73. The van der Waals surface area contributed by atoms with Gasteiger partial charge in [-0.05, 0) is 42.4 Å². The van der Waals surface area contributed by atoms with Gasteiger partial charge in [0.25, 0.3) is 0 Å². The number of ether oxygens (including phenoxy) is 2. The predicted molar refractivity (Wildman–Crippen MR) is 128 cm³/mol. The predicted octanol–water partition coefficient (Wildman–Crippen LogP) is 5.94. The first-order valence-electron chi connectivity index (χ1n) is 10.9. The standard InChI is InChI=1S/C24H31N3O4Si/c1-24(2,3)32(5,6)30-13-7-12-29-23-11-10-22-25-16-19(27(22)26-23)21-14-17-8-9-18(28-4)15-20(17)31-21/h8-11,14-16H,7,12-13H2,1-6H3. The first-order chi connectivity index (χ1) is 15.2. The van der Waals surface area contributed by atoms with E-state index in [-0.39, 0.29) is 5.04 Å². The zero-order valence-electron chi connectivity index (χ0n) is 19.6. The Kier molecular flexibility index (Phi) is 6.00. The van der Waals surface area contributed by atoms with E-state index in [2.05, 4.69) is 43.9 Å². The maximum absolute atomic E-state index is 6.21. The van der Waals surface area contributed by atoms with Crippen molar-refractivity contribution in [2.45, 2.75) is 45.3 Å². The summed E-state index contributed by atoms with van der Waals surface area (Å²) in [5.74, 6) is 1.98. The fraction of sp³-hybridized carbons (Fsp3) is 0.417. The molecule has 0 saturated heterocycles. The molecule has 0 radical (unpaired) electrons. The van der Waals surface area contributed by atoms with Crippen molar-refractivity contribution in [1.82, 2.24) is 14.6 Å². The van der Waals surface area contributed by atoms with E-state index in [1.165, 1.54) is 0 Å². The number of benzene rings is 1. The molecule has 0 unspecified atom stereocenters. The lowest BCUT2D eigenvalue weighted by Crippen LogP contribution is -2.41. The lowest BCUT2D eigenvalue weighted by atomic mass is 10.2. The third-order valence-corrected chi connectivity index (χ3v) is 10.7. The number of imidazole rings is 1. The Hall–Kier alpha value is -2.84. The highest BCUT2D eigenvalue weighted by Gasteiger charge is 2.36. The molecule has 0 saturated carbocycles. The van der Waals surface area contributed by atoms with Crippen molar-refractivity contribution >= 4 is 24.9 Å². The minimum Gasteiger partial charge on any atom is -0.497 e. The molecule has 0 spiro atoms. The number of furan rings is 1. The molecule has 0 amide bonds. The largest absolute Gasteiger partial charge is 0.497 e. The zero-order chi connectivity index (χ0) is 22.9. The molecule has 3 aromatic heterocycles. The van der Waals surface area contributed by atoms with Gasteiger partial charge in [-0.25, -0.2) is 9.50 Å². The van der Waals surface area contributed by atoms with Crippen LogP contribution < -0.4 is 9.47 Å². The van der Waals surface area contributed by atoms with E-state index in [4.69, 9.17) is 18.3 Å². The summed E-state index contributed by atoms with van der Waals surface area (Å²) in [4.78, 5) is 4.44. The second-order valence-electron chi connectivity index (χ2n) is 9.41. The van der Waals surface area contributed by atoms with Gasteiger partial charge >= 0.3 is 0 Å². The number of aromatic nitrogens is 3. The van der Waals surface area contributed by atoms with E-state index in [0.29, 0.717) is 24.9 Å². The Balaban J connectivity index is 1.45. The van der Waals surface area contributed by atoms with Gasteiger partial charge in [0.15, 0.2) is 19.7 Å². The van der Waals surface area contributed by atoms with E-state index in [0.717, 1.165) is 34.5 Å². The number of rotatable bonds is 8. The van der Waals surface area contributed by atoms with Gasteiger partial charge in [-0.15, -0.1) is 5.10 Å². The van der Waals surface area contributed by atoms with Crippen LogP contribution in [-0.4, -0.2) is 43.2 Å². The maximum atomic E-state index is 6.21. The Morgan fingerprint density at radius 3 is 2.62 bits per heavy atom. The van der Waals surface area contributed by atoms with Crippen molar-refractivity contribution < 1.29 is 18.3 Å². The maximum Gasteiger partial charge on any atom is 0.231 e. The zero-order valence-corrected chi connectivity index (χ0v) is 20.6. The molecular formula is C24H31N3O4Si. The lowest BCUT2D eigenvalue weighted by Gasteiger charge is -2.36. The summed E-state index contributed by atoms with van der Waals surface area (Å²) in [6.07, 6.45) is 2.57. The third-order valence-electron chi connectivity index (χ3n) is 6.13. The quantitative estimate of drug-likeness (QED) is 0.243. The van der Waals surface area contributed by atoms with E-state index < -0.39 is 8.32 Å². The van der Waals surface area contributed by atoms with Crippen molar-refractivity contribution in [1.29, 1.82) is 0 Å². The Morgan fingerprint density at radius 1 is 1.06 bits per heavy atom. The van der Waals surface area contributed by atoms with Gasteiger partial charge in [-0.2, -0.15) is 0 Å². The van der Waals surface area contributed by atoms with Gasteiger partial charge in [0.2, 0.25) is 5.88 Å². The van der Waals surface area contributed by atoms with Crippen LogP contribution in [0.4, 0.5) is 0 Å². The molecule has 1 aromatic carbocycles. The van der Waals surface area contributed by atoms with Crippen LogP contribution in [0.3, 0.4) is 0 Å². The van der Waals surface area contributed by atoms with Crippen LogP contribution in [0.1, 0.15) is 27.2 Å². The van der Waals surface area contributed by atoms with Crippen molar-refractivity contribution in [3.05, 3.63) is 42.6 Å². The molecule has 0 aliphatic heterocycles. The molecule has 0 fully saturated rings. The monoisotopic (exact) mass is 453 g/mol. The molecule has 0 bridgehead atoms. The van der Waals surface area contributed by atoms with Crippen LogP contribution in [-0.2, 0) is 4.43 Å². The van der Waals surface area contributed by atoms with Crippen LogP contribution >= 0.6 is 0 Å². The average Bonchev–Trinajstić information content (AvgIpc) is 3.35. The highest BCUT2D eigenvalue weighted by molar-refractivity contribution is 6.74. The molecule has 4 rings (SSSR count). The Morgan fingerprint density at radius 2 is 1.88 bits per heavy atom. The van der Waals surface area contributed by atoms with Crippen LogP contribution in [0.25, 0.3) is 28.1 Å². The van der Waals surface area contributed by atoms with Crippen LogP contribution in [0.5, 0.6) is 11.6 Å². The number of hydrogen-bond acceptors (Lipinski definition) is 6. The molecule has 170 valence electrons. The summed E-state index contributed by atoms with van der Waals surface area (Å²) in [5.41, 5.74) is 2.25. The molecule has 0 aliphatic rings. The van der Waals surface area contributed by atoms with E-state index in [1.54, 1.807) is 17.8 Å². The Bertz CT molecular complexity index is 1220. The lowest BCUT2D eigenvalue weighted by molar-refractivity contribution is 0.228. The van der Waals surface area contributed by atoms with Crippen molar-refractivity contribution in [3.8, 4) is 23.1 Å². The normalized spacial score (nSPS) is 12.6. The molecule has 0 N–H and O–H groups in total.